The number of ketones is 1. The number of rotatable bonds is 7. The average Bonchev–Trinajstić information content (AvgIpc) is 2.62. The van der Waals surface area contributed by atoms with Crippen molar-refractivity contribution in [3.05, 3.63) is 45.9 Å². The summed E-state index contributed by atoms with van der Waals surface area (Å²) in [5, 5.41) is 11.0. The second kappa shape index (κ2) is 9.52. The molecule has 2 aromatic carbocycles. The first-order chi connectivity index (χ1) is 13.3. The van der Waals surface area contributed by atoms with E-state index in [0.717, 1.165) is 5.56 Å². The molecule has 0 heterocycles. The highest BCUT2D eigenvalue weighted by Gasteiger charge is 2.24. The van der Waals surface area contributed by atoms with Crippen molar-refractivity contribution in [1.29, 1.82) is 0 Å². The number of halogens is 2. The minimum Gasteiger partial charge on any atom is -0.493 e. The summed E-state index contributed by atoms with van der Waals surface area (Å²) < 4.78 is 10.3. The zero-order valence-electron chi connectivity index (χ0n) is 15.7. The fraction of sp³-hybridized carbons (Fsp3) is 0.263. The molecule has 148 valence electrons. The lowest BCUT2D eigenvalue weighted by Gasteiger charge is -2.14. The van der Waals surface area contributed by atoms with E-state index in [1.807, 2.05) is 6.92 Å². The van der Waals surface area contributed by atoms with E-state index < -0.39 is 17.7 Å². The van der Waals surface area contributed by atoms with Crippen LogP contribution in [0.2, 0.25) is 10.0 Å². The predicted octanol–water partition coefficient (Wildman–Crippen LogP) is 5.00. The zero-order chi connectivity index (χ0) is 20.8. The van der Waals surface area contributed by atoms with Gasteiger partial charge in [-0.2, -0.15) is 10.2 Å². The number of ether oxygens (including phenoxy) is 2. The van der Waals surface area contributed by atoms with Crippen LogP contribution in [-0.4, -0.2) is 32.0 Å². The minimum atomic E-state index is -1.34. The molecular weight excluding hydrogens is 405 g/mol. The summed E-state index contributed by atoms with van der Waals surface area (Å²) in [7, 11) is 2.89. The van der Waals surface area contributed by atoms with E-state index in [0.29, 0.717) is 27.9 Å². The molecule has 1 unspecified atom stereocenters. The lowest BCUT2D eigenvalue weighted by atomic mass is 10.2. The molecule has 0 aliphatic heterocycles. The van der Waals surface area contributed by atoms with Crippen molar-refractivity contribution in [2.45, 2.75) is 19.9 Å². The number of anilines is 1. The van der Waals surface area contributed by atoms with Gasteiger partial charge in [0.15, 0.2) is 17.3 Å². The SMILES string of the molecule is COc1cc(NC(=O)C(N=Nc2ccc(C)cc2Cl)C(C)=O)cc(Cl)c1OC. The maximum Gasteiger partial charge on any atom is 0.258 e. The van der Waals surface area contributed by atoms with Gasteiger partial charge in [-0.1, -0.05) is 29.3 Å². The Hall–Kier alpha value is -2.64. The van der Waals surface area contributed by atoms with Crippen LogP contribution in [0, 0.1) is 6.92 Å². The number of Topliss-reactive ketones (excluding diaryl/α,β-unsaturated/α-hetero) is 1. The molecule has 1 atom stereocenters. The number of azo groups is 1. The molecule has 0 aliphatic rings. The van der Waals surface area contributed by atoms with Gasteiger partial charge in [-0.3, -0.25) is 9.59 Å². The summed E-state index contributed by atoms with van der Waals surface area (Å²) in [4.78, 5) is 24.5. The molecule has 2 rings (SSSR count). The fourth-order valence-electron chi connectivity index (χ4n) is 2.33. The number of benzene rings is 2. The Kier molecular flexibility index (Phi) is 7.37. The van der Waals surface area contributed by atoms with Crippen LogP contribution in [0.1, 0.15) is 12.5 Å². The standard InChI is InChI=1S/C19H19Cl2N3O4/c1-10-5-6-15(13(20)7-10)23-24-17(11(2)25)19(26)22-12-8-14(21)18(28-4)16(9-12)27-3/h5-9,17H,1-4H3,(H,22,26). The Morgan fingerprint density at radius 2 is 1.79 bits per heavy atom. The summed E-state index contributed by atoms with van der Waals surface area (Å²) >= 11 is 12.2. The third-order valence-corrected chi connectivity index (χ3v) is 4.30. The van der Waals surface area contributed by atoms with E-state index in [4.69, 9.17) is 32.7 Å². The second-order valence-corrected chi connectivity index (χ2v) is 6.68. The molecule has 0 bridgehead atoms. The third-order valence-electron chi connectivity index (χ3n) is 3.72. The van der Waals surface area contributed by atoms with Crippen molar-refractivity contribution in [3.63, 3.8) is 0 Å². The topological polar surface area (TPSA) is 89.4 Å². The number of hydrogen-bond donors (Lipinski definition) is 1. The first kappa shape index (κ1) is 21.7. The van der Waals surface area contributed by atoms with Crippen molar-refractivity contribution < 1.29 is 19.1 Å². The van der Waals surface area contributed by atoms with Gasteiger partial charge in [0.1, 0.15) is 5.69 Å². The van der Waals surface area contributed by atoms with Crippen LogP contribution in [0.5, 0.6) is 11.5 Å². The van der Waals surface area contributed by atoms with E-state index >= 15 is 0 Å². The molecule has 0 saturated carbocycles. The number of methoxy groups -OCH3 is 2. The Morgan fingerprint density at radius 1 is 1.07 bits per heavy atom. The van der Waals surface area contributed by atoms with E-state index in [1.54, 1.807) is 18.2 Å². The molecule has 9 heteroatoms. The molecule has 1 N–H and O–H groups in total. The van der Waals surface area contributed by atoms with E-state index in [2.05, 4.69) is 15.5 Å². The van der Waals surface area contributed by atoms with Crippen LogP contribution in [0.15, 0.2) is 40.6 Å². The van der Waals surface area contributed by atoms with Gasteiger partial charge in [-0.25, -0.2) is 0 Å². The third kappa shape index (κ3) is 5.21. The molecule has 7 nitrogen and oxygen atoms in total. The lowest BCUT2D eigenvalue weighted by Crippen LogP contribution is -2.31. The van der Waals surface area contributed by atoms with Crippen LogP contribution in [0.4, 0.5) is 11.4 Å². The highest BCUT2D eigenvalue weighted by atomic mass is 35.5. The maximum absolute atomic E-state index is 12.5. The van der Waals surface area contributed by atoms with E-state index in [1.165, 1.54) is 33.3 Å². The lowest BCUT2D eigenvalue weighted by molar-refractivity contribution is -0.126. The molecule has 0 fully saturated rings. The molecule has 0 saturated heterocycles. The first-order valence-corrected chi connectivity index (χ1v) is 8.92. The summed E-state index contributed by atoms with van der Waals surface area (Å²) in [6.45, 7) is 3.13. The predicted molar refractivity (Wildman–Crippen MR) is 108 cm³/mol. The number of carbonyl (C=O) groups excluding carboxylic acids is 2. The smallest absolute Gasteiger partial charge is 0.258 e. The molecule has 2 aromatic rings. The zero-order valence-corrected chi connectivity index (χ0v) is 17.3. The highest BCUT2D eigenvalue weighted by molar-refractivity contribution is 6.33. The summed E-state index contributed by atoms with van der Waals surface area (Å²) in [6.07, 6.45) is 0. The first-order valence-electron chi connectivity index (χ1n) is 8.16. The quantitative estimate of drug-likeness (QED) is 0.501. The van der Waals surface area contributed by atoms with Crippen LogP contribution >= 0.6 is 23.2 Å². The van der Waals surface area contributed by atoms with Gasteiger partial charge >= 0.3 is 0 Å². The van der Waals surface area contributed by atoms with Gasteiger partial charge in [0, 0.05) is 11.8 Å². The molecule has 1 amide bonds. The monoisotopic (exact) mass is 423 g/mol. The Balaban J connectivity index is 2.25. The number of amides is 1. The minimum absolute atomic E-state index is 0.240. The van der Waals surface area contributed by atoms with Crippen molar-refractivity contribution in [2.24, 2.45) is 10.2 Å². The van der Waals surface area contributed by atoms with Crippen LogP contribution in [0.3, 0.4) is 0 Å². The molecule has 28 heavy (non-hydrogen) atoms. The summed E-state index contributed by atoms with van der Waals surface area (Å²) in [5.41, 5.74) is 1.64. The number of nitrogens with one attached hydrogen (secondary N) is 1. The van der Waals surface area contributed by atoms with Gasteiger partial charge in [0.05, 0.1) is 24.3 Å². The summed E-state index contributed by atoms with van der Waals surface area (Å²) in [5.74, 6) is -0.476. The molecule has 0 spiro atoms. The van der Waals surface area contributed by atoms with Gasteiger partial charge < -0.3 is 14.8 Å². The normalized spacial score (nSPS) is 11.9. The van der Waals surface area contributed by atoms with Crippen LogP contribution < -0.4 is 14.8 Å². The number of aryl methyl sites for hydroxylation is 1. The Labute approximate surface area is 172 Å². The van der Waals surface area contributed by atoms with Gasteiger partial charge in [0.25, 0.3) is 5.91 Å². The Morgan fingerprint density at radius 3 is 2.36 bits per heavy atom. The van der Waals surface area contributed by atoms with Crippen molar-refractivity contribution in [2.75, 3.05) is 19.5 Å². The average molecular weight is 424 g/mol. The van der Waals surface area contributed by atoms with Crippen molar-refractivity contribution in [1.82, 2.24) is 0 Å². The molecule has 0 aliphatic carbocycles. The van der Waals surface area contributed by atoms with Gasteiger partial charge in [-0.05, 0) is 37.6 Å². The Bertz CT molecular complexity index is 932. The van der Waals surface area contributed by atoms with Crippen LogP contribution in [0.25, 0.3) is 0 Å². The van der Waals surface area contributed by atoms with Crippen LogP contribution in [-0.2, 0) is 9.59 Å². The second-order valence-electron chi connectivity index (χ2n) is 5.87. The van der Waals surface area contributed by atoms with Gasteiger partial charge in [0.2, 0.25) is 6.04 Å². The van der Waals surface area contributed by atoms with Gasteiger partial charge in [-0.15, -0.1) is 0 Å². The van der Waals surface area contributed by atoms with E-state index in [-0.39, 0.29) is 5.02 Å². The number of carbonyl (C=O) groups is 2. The maximum atomic E-state index is 12.5. The highest BCUT2D eigenvalue weighted by Crippen LogP contribution is 2.37. The largest absolute Gasteiger partial charge is 0.493 e. The van der Waals surface area contributed by atoms with Crippen molar-refractivity contribution in [3.8, 4) is 11.5 Å². The fourth-order valence-corrected chi connectivity index (χ4v) is 2.89. The van der Waals surface area contributed by atoms with E-state index in [9.17, 15) is 9.59 Å². The molecule has 0 radical (unpaired) electrons. The summed E-state index contributed by atoms with van der Waals surface area (Å²) in [6, 6.07) is 6.83. The molecule has 0 aromatic heterocycles. The number of hydrogen-bond acceptors (Lipinski definition) is 6. The van der Waals surface area contributed by atoms with Crippen molar-refractivity contribution >= 4 is 46.3 Å². The number of nitrogens with zero attached hydrogens (tertiary/aromatic N) is 2. The molecular formula is C19H19Cl2N3O4.